The van der Waals surface area contributed by atoms with Gasteiger partial charge in [0.05, 0.1) is 6.61 Å². The third-order valence-corrected chi connectivity index (χ3v) is 6.37. The number of amides is 1. The first-order valence-electron chi connectivity index (χ1n) is 9.45. The Morgan fingerprint density at radius 1 is 1.18 bits per heavy atom. The van der Waals surface area contributed by atoms with Crippen LogP contribution in [0.15, 0.2) is 48.5 Å². The third-order valence-electron chi connectivity index (χ3n) is 4.72. The van der Waals surface area contributed by atoms with E-state index in [4.69, 9.17) is 16.3 Å². The van der Waals surface area contributed by atoms with Gasteiger partial charge in [0, 0.05) is 21.9 Å². The van der Waals surface area contributed by atoms with Crippen LogP contribution in [0.1, 0.15) is 46.6 Å². The van der Waals surface area contributed by atoms with Gasteiger partial charge in [0.15, 0.2) is 0 Å². The number of hydrogen-bond donors (Lipinski definition) is 0. The predicted octanol–water partition coefficient (Wildman–Crippen LogP) is 5.25. The van der Waals surface area contributed by atoms with Crippen LogP contribution in [0.5, 0.6) is 0 Å². The van der Waals surface area contributed by atoms with Crippen molar-refractivity contribution in [2.45, 2.75) is 38.1 Å². The molecular weight excluding hydrogens is 394 g/mol. The summed E-state index contributed by atoms with van der Waals surface area (Å²) in [7, 11) is 0. The molecule has 2 atom stereocenters. The van der Waals surface area contributed by atoms with Crippen LogP contribution in [0.25, 0.3) is 0 Å². The molecule has 28 heavy (non-hydrogen) atoms. The molecule has 0 bridgehead atoms. The van der Waals surface area contributed by atoms with Crippen LogP contribution in [0.2, 0.25) is 5.02 Å². The summed E-state index contributed by atoms with van der Waals surface area (Å²) in [5, 5.41) is 0.257. The number of nitrogens with zero attached hydrogens (tertiary/aromatic N) is 1. The summed E-state index contributed by atoms with van der Waals surface area (Å²) in [4.78, 5) is 27.7. The summed E-state index contributed by atoms with van der Waals surface area (Å²) in [5.41, 5.74) is 2.46. The number of halogens is 1. The summed E-state index contributed by atoms with van der Waals surface area (Å²) in [6, 6.07) is 14.2. The van der Waals surface area contributed by atoms with Crippen LogP contribution in [0.4, 0.5) is 0 Å². The average Bonchev–Trinajstić information content (AvgIpc) is 3.13. The molecule has 0 spiro atoms. The molecule has 0 radical (unpaired) electrons. The maximum atomic E-state index is 13.4. The van der Waals surface area contributed by atoms with Crippen LogP contribution in [0.3, 0.4) is 0 Å². The number of carbonyl (C=O) groups excluding carboxylic acids is 2. The first kappa shape index (κ1) is 20.7. The molecule has 0 aliphatic carbocycles. The number of hydrogen-bond acceptors (Lipinski definition) is 4. The minimum absolute atomic E-state index is 0.188. The van der Waals surface area contributed by atoms with E-state index >= 15 is 0 Å². The number of aryl methyl sites for hydroxylation is 1. The average molecular weight is 418 g/mol. The van der Waals surface area contributed by atoms with E-state index in [0.717, 1.165) is 24.0 Å². The number of esters is 1. The fourth-order valence-corrected chi connectivity index (χ4v) is 4.86. The molecule has 4 nitrogen and oxygen atoms in total. The molecule has 2 aromatic carbocycles. The number of ether oxygens (including phenoxy) is 1. The van der Waals surface area contributed by atoms with Gasteiger partial charge in [-0.25, -0.2) is 4.79 Å². The van der Waals surface area contributed by atoms with Gasteiger partial charge in [0.2, 0.25) is 0 Å². The van der Waals surface area contributed by atoms with Gasteiger partial charge in [0.25, 0.3) is 5.91 Å². The van der Waals surface area contributed by atoms with E-state index < -0.39 is 6.04 Å². The Morgan fingerprint density at radius 2 is 1.89 bits per heavy atom. The molecule has 2 aromatic rings. The molecule has 0 N–H and O–H groups in total. The normalized spacial score (nSPS) is 18.9. The van der Waals surface area contributed by atoms with Gasteiger partial charge in [0.1, 0.15) is 11.4 Å². The Morgan fingerprint density at radius 3 is 2.57 bits per heavy atom. The molecule has 148 valence electrons. The van der Waals surface area contributed by atoms with Gasteiger partial charge >= 0.3 is 5.97 Å². The van der Waals surface area contributed by atoms with Crippen LogP contribution in [-0.4, -0.2) is 35.2 Å². The van der Waals surface area contributed by atoms with Crippen LogP contribution >= 0.6 is 23.4 Å². The van der Waals surface area contributed by atoms with Gasteiger partial charge < -0.3 is 9.64 Å². The van der Waals surface area contributed by atoms with Crippen LogP contribution in [-0.2, 0) is 9.53 Å². The summed E-state index contributed by atoms with van der Waals surface area (Å²) in [6.07, 6.45) is 1.76. The fraction of sp³-hybridized carbons (Fsp3) is 0.364. The molecule has 0 saturated carbocycles. The lowest BCUT2D eigenvalue weighted by Gasteiger charge is -2.29. The van der Waals surface area contributed by atoms with Gasteiger partial charge in [-0.3, -0.25) is 4.79 Å². The quantitative estimate of drug-likeness (QED) is 0.475. The van der Waals surface area contributed by atoms with Crippen molar-refractivity contribution < 1.29 is 14.3 Å². The second kappa shape index (κ2) is 9.48. The van der Waals surface area contributed by atoms with E-state index in [1.165, 1.54) is 11.8 Å². The lowest BCUT2D eigenvalue weighted by atomic mass is 10.1. The van der Waals surface area contributed by atoms with Gasteiger partial charge in [-0.2, -0.15) is 0 Å². The maximum Gasteiger partial charge on any atom is 0.329 e. The van der Waals surface area contributed by atoms with Crippen molar-refractivity contribution in [3.63, 3.8) is 0 Å². The summed E-state index contributed by atoms with van der Waals surface area (Å²) in [6.45, 7) is 4.39. The second-order valence-electron chi connectivity index (χ2n) is 6.82. The van der Waals surface area contributed by atoms with Crippen LogP contribution in [0, 0.1) is 6.92 Å². The third kappa shape index (κ3) is 4.53. The molecule has 1 saturated heterocycles. The van der Waals surface area contributed by atoms with Gasteiger partial charge in [-0.15, -0.1) is 11.8 Å². The Balaban J connectivity index is 1.92. The summed E-state index contributed by atoms with van der Waals surface area (Å²) in [5.74, 6) is -0.0540. The SMILES string of the molecule is CCCCOC(=O)[C@@H]1CS[C@H](c2ccccc2Cl)N1C(=O)c1ccc(C)cc1. The van der Waals surface area contributed by atoms with Crippen molar-refractivity contribution in [3.05, 3.63) is 70.2 Å². The first-order chi connectivity index (χ1) is 13.5. The van der Waals surface area contributed by atoms with E-state index in [9.17, 15) is 9.59 Å². The highest BCUT2D eigenvalue weighted by Crippen LogP contribution is 2.44. The molecule has 1 fully saturated rings. The molecule has 1 amide bonds. The minimum Gasteiger partial charge on any atom is -0.464 e. The van der Waals surface area contributed by atoms with E-state index in [0.29, 0.717) is 22.9 Å². The zero-order chi connectivity index (χ0) is 20.1. The topological polar surface area (TPSA) is 46.6 Å². The standard InChI is InChI=1S/C22H24ClNO3S/c1-3-4-13-27-22(26)19-14-28-21(17-7-5-6-8-18(17)23)24(19)20(25)16-11-9-15(2)10-12-16/h5-12,19,21H,3-4,13-14H2,1-2H3/t19-,21+/m0/s1. The molecule has 1 aliphatic rings. The number of thioether (sulfide) groups is 1. The van der Waals surface area contributed by atoms with E-state index in [2.05, 4.69) is 0 Å². The molecule has 3 rings (SSSR count). The zero-order valence-corrected chi connectivity index (χ0v) is 17.6. The van der Waals surface area contributed by atoms with Crippen molar-refractivity contribution in [1.82, 2.24) is 4.90 Å². The predicted molar refractivity (Wildman–Crippen MR) is 114 cm³/mol. The van der Waals surface area contributed by atoms with Crippen molar-refractivity contribution in [1.29, 1.82) is 0 Å². The Bertz CT molecular complexity index is 840. The molecule has 1 heterocycles. The van der Waals surface area contributed by atoms with Crippen molar-refractivity contribution in [2.75, 3.05) is 12.4 Å². The number of rotatable bonds is 6. The summed E-state index contributed by atoms with van der Waals surface area (Å²) < 4.78 is 5.44. The summed E-state index contributed by atoms with van der Waals surface area (Å²) >= 11 is 7.94. The van der Waals surface area contributed by atoms with E-state index in [1.54, 1.807) is 23.1 Å². The zero-order valence-electron chi connectivity index (χ0n) is 16.1. The van der Waals surface area contributed by atoms with Gasteiger partial charge in [-0.05, 0) is 31.5 Å². The Kier molecular flexibility index (Phi) is 7.03. The lowest BCUT2D eigenvalue weighted by molar-refractivity contribution is -0.148. The lowest BCUT2D eigenvalue weighted by Crippen LogP contribution is -2.44. The van der Waals surface area contributed by atoms with Crippen molar-refractivity contribution in [3.8, 4) is 0 Å². The highest BCUT2D eigenvalue weighted by Gasteiger charge is 2.44. The molecule has 0 unspecified atom stereocenters. The van der Waals surface area contributed by atoms with Crippen molar-refractivity contribution in [2.24, 2.45) is 0 Å². The van der Waals surface area contributed by atoms with E-state index in [1.807, 2.05) is 44.2 Å². The molecule has 0 aromatic heterocycles. The molecule has 6 heteroatoms. The van der Waals surface area contributed by atoms with E-state index in [-0.39, 0.29) is 17.3 Å². The fourth-order valence-electron chi connectivity index (χ4n) is 3.11. The Labute approximate surface area is 175 Å². The number of unbranched alkanes of at least 4 members (excludes halogenated alkanes) is 1. The molecule has 1 aliphatic heterocycles. The highest BCUT2D eigenvalue weighted by molar-refractivity contribution is 7.99. The second-order valence-corrected chi connectivity index (χ2v) is 8.34. The minimum atomic E-state index is -0.628. The maximum absolute atomic E-state index is 13.4. The Hall–Kier alpha value is -1.98. The van der Waals surface area contributed by atoms with Gasteiger partial charge in [-0.1, -0.05) is 60.8 Å². The monoisotopic (exact) mass is 417 g/mol. The largest absolute Gasteiger partial charge is 0.464 e. The number of carbonyl (C=O) groups is 2. The van der Waals surface area contributed by atoms with Crippen molar-refractivity contribution >= 4 is 35.2 Å². The smallest absolute Gasteiger partial charge is 0.329 e. The highest BCUT2D eigenvalue weighted by atomic mass is 35.5. The van der Waals surface area contributed by atoms with Crippen LogP contribution < -0.4 is 0 Å². The first-order valence-corrected chi connectivity index (χ1v) is 10.9. The molecular formula is C22H24ClNO3S. The number of benzene rings is 2.